The van der Waals surface area contributed by atoms with Crippen molar-refractivity contribution in [3.8, 4) is 11.5 Å². The quantitative estimate of drug-likeness (QED) is 0.353. The number of hydrogen-bond donors (Lipinski definition) is 2. The molecule has 2 aliphatic heterocycles. The van der Waals surface area contributed by atoms with Gasteiger partial charge in [0, 0.05) is 55.0 Å². The fourth-order valence-electron chi connectivity index (χ4n) is 7.19. The van der Waals surface area contributed by atoms with E-state index in [9.17, 15) is 18.0 Å². The van der Waals surface area contributed by atoms with Crippen LogP contribution in [0.3, 0.4) is 0 Å². The van der Waals surface area contributed by atoms with E-state index in [0.29, 0.717) is 42.3 Å². The molecular formula is C34H42N4O6S. The van der Waals surface area contributed by atoms with Gasteiger partial charge in [-0.25, -0.2) is 8.42 Å². The van der Waals surface area contributed by atoms with E-state index in [1.807, 2.05) is 16.7 Å². The van der Waals surface area contributed by atoms with Crippen LogP contribution in [0.25, 0.3) is 0 Å². The molecule has 11 heteroatoms. The van der Waals surface area contributed by atoms with E-state index < -0.39 is 10.0 Å². The zero-order valence-electron chi connectivity index (χ0n) is 26.0. The Morgan fingerprint density at radius 2 is 1.67 bits per heavy atom. The van der Waals surface area contributed by atoms with Crippen LogP contribution in [0.2, 0.25) is 0 Å². The Hall–Kier alpha value is -3.99. The van der Waals surface area contributed by atoms with Crippen LogP contribution in [0.15, 0.2) is 64.3 Å². The molecule has 1 saturated heterocycles. The molecule has 0 radical (unpaired) electrons. The summed E-state index contributed by atoms with van der Waals surface area (Å²) in [6, 6.07) is 15.4. The lowest BCUT2D eigenvalue weighted by Gasteiger charge is -2.44. The fraction of sp³-hybridized carbons (Fsp3) is 0.471. The van der Waals surface area contributed by atoms with Crippen molar-refractivity contribution >= 4 is 27.3 Å². The summed E-state index contributed by atoms with van der Waals surface area (Å²) >= 11 is 0. The lowest BCUT2D eigenvalue weighted by Crippen LogP contribution is -2.47. The molecule has 45 heavy (non-hydrogen) atoms. The first kappa shape index (κ1) is 31.0. The topological polar surface area (TPSA) is 119 Å². The van der Waals surface area contributed by atoms with E-state index >= 15 is 0 Å². The van der Waals surface area contributed by atoms with Crippen molar-refractivity contribution < 1.29 is 22.7 Å². The summed E-state index contributed by atoms with van der Waals surface area (Å²) in [4.78, 5) is 28.2. The number of benzene rings is 2. The van der Waals surface area contributed by atoms with Gasteiger partial charge in [-0.2, -0.15) is 0 Å². The number of nitrogens with zero attached hydrogens (tertiary/aromatic N) is 2. The molecule has 3 aliphatic rings. The van der Waals surface area contributed by atoms with Gasteiger partial charge in [0.15, 0.2) is 0 Å². The standard InChI is InChI=1S/C34H42N4O6S/c1-43-27-14-16-31(44-2)32(19-27)45(41,42)36-28-18-24(34(40)35-26-9-6-4-3-5-7-10-26)13-15-30(28)37-20-23-17-25(22-37)29-11-8-12-33(39)38(29)21-23/h8,11-16,18-19,23,25-26,36H,3-7,9-10,17,20-22H2,1-2H3,(H,35,40)/t23-,25+/m1/s1. The number of fused-ring (bicyclic) bond motifs is 4. The van der Waals surface area contributed by atoms with Crippen molar-refractivity contribution in [1.29, 1.82) is 0 Å². The summed E-state index contributed by atoms with van der Waals surface area (Å²) in [6.45, 7) is 1.89. The molecule has 2 N–H and O–H groups in total. The molecule has 2 atom stereocenters. The SMILES string of the molecule is COc1ccc(OC)c(S(=O)(=O)Nc2cc(C(=O)NC3CCCCCCC3)ccc2N2C[C@H]3C[C@@H](C2)c2cccc(=O)n2C3)c1. The first-order valence-corrected chi connectivity index (χ1v) is 17.4. The highest BCUT2D eigenvalue weighted by atomic mass is 32.2. The van der Waals surface area contributed by atoms with Crippen molar-refractivity contribution in [2.24, 2.45) is 5.92 Å². The summed E-state index contributed by atoms with van der Waals surface area (Å²) in [5, 5.41) is 3.21. The Balaban J connectivity index is 1.35. The van der Waals surface area contributed by atoms with E-state index in [2.05, 4.69) is 14.9 Å². The molecule has 1 aliphatic carbocycles. The number of sulfonamides is 1. The third-order valence-corrected chi connectivity index (χ3v) is 10.8. The van der Waals surface area contributed by atoms with Crippen LogP contribution in [-0.4, -0.2) is 52.2 Å². The zero-order valence-corrected chi connectivity index (χ0v) is 26.8. The van der Waals surface area contributed by atoms with Crippen LogP contribution < -0.4 is 30.0 Å². The van der Waals surface area contributed by atoms with E-state index in [1.54, 1.807) is 36.4 Å². The number of ether oxygens (including phenoxy) is 2. The maximum Gasteiger partial charge on any atom is 0.265 e. The number of hydrogen-bond acceptors (Lipinski definition) is 7. The van der Waals surface area contributed by atoms with Gasteiger partial charge in [0.05, 0.1) is 25.6 Å². The Labute approximate surface area is 264 Å². The minimum atomic E-state index is -4.16. The summed E-state index contributed by atoms with van der Waals surface area (Å²) in [7, 11) is -1.27. The van der Waals surface area contributed by atoms with Gasteiger partial charge < -0.3 is 24.3 Å². The highest BCUT2D eigenvalue weighted by Gasteiger charge is 2.36. The fourth-order valence-corrected chi connectivity index (χ4v) is 8.44. The van der Waals surface area contributed by atoms with Gasteiger partial charge in [-0.05, 0) is 61.6 Å². The molecular weight excluding hydrogens is 592 g/mol. The molecule has 2 bridgehead atoms. The van der Waals surface area contributed by atoms with Gasteiger partial charge >= 0.3 is 0 Å². The van der Waals surface area contributed by atoms with Crippen LogP contribution in [0.5, 0.6) is 11.5 Å². The number of methoxy groups -OCH3 is 2. The van der Waals surface area contributed by atoms with Crippen LogP contribution >= 0.6 is 0 Å². The molecule has 1 amide bonds. The van der Waals surface area contributed by atoms with Crippen LogP contribution in [-0.2, 0) is 16.6 Å². The van der Waals surface area contributed by atoms with Crippen molar-refractivity contribution in [3.63, 3.8) is 0 Å². The number of carbonyl (C=O) groups excluding carboxylic acids is 1. The van der Waals surface area contributed by atoms with E-state index in [4.69, 9.17) is 9.47 Å². The maximum atomic E-state index is 13.9. The second-order valence-corrected chi connectivity index (χ2v) is 14.1. The predicted molar refractivity (Wildman–Crippen MR) is 174 cm³/mol. The number of rotatable bonds is 8. The van der Waals surface area contributed by atoms with Gasteiger partial charge in [0.2, 0.25) is 0 Å². The largest absolute Gasteiger partial charge is 0.497 e. The monoisotopic (exact) mass is 634 g/mol. The van der Waals surface area contributed by atoms with Crippen molar-refractivity contribution in [2.45, 2.75) is 74.8 Å². The molecule has 3 heterocycles. The molecule has 10 nitrogen and oxygen atoms in total. The van der Waals surface area contributed by atoms with Gasteiger partial charge in [-0.15, -0.1) is 0 Å². The number of carbonyl (C=O) groups is 1. The number of nitrogens with one attached hydrogen (secondary N) is 2. The molecule has 1 aromatic heterocycles. The zero-order chi connectivity index (χ0) is 31.6. The van der Waals surface area contributed by atoms with Crippen molar-refractivity contribution in [2.75, 3.05) is 36.9 Å². The highest BCUT2D eigenvalue weighted by molar-refractivity contribution is 7.92. The van der Waals surface area contributed by atoms with Gasteiger partial charge in [-0.3, -0.25) is 14.3 Å². The third-order valence-electron chi connectivity index (χ3n) is 9.42. The van der Waals surface area contributed by atoms with Gasteiger partial charge in [0.1, 0.15) is 16.4 Å². The molecule has 0 spiro atoms. The summed E-state index contributed by atoms with van der Waals surface area (Å²) < 4.78 is 43.3. The Morgan fingerprint density at radius 1 is 0.889 bits per heavy atom. The predicted octanol–water partition coefficient (Wildman–Crippen LogP) is 5.13. The van der Waals surface area contributed by atoms with E-state index in [0.717, 1.165) is 37.8 Å². The Kier molecular flexibility index (Phi) is 9.07. The van der Waals surface area contributed by atoms with E-state index in [1.165, 1.54) is 39.5 Å². The van der Waals surface area contributed by atoms with E-state index in [-0.39, 0.29) is 40.0 Å². The molecule has 6 rings (SSSR count). The Morgan fingerprint density at radius 3 is 2.42 bits per heavy atom. The summed E-state index contributed by atoms with van der Waals surface area (Å²) in [6.07, 6.45) is 8.62. The molecule has 240 valence electrons. The summed E-state index contributed by atoms with van der Waals surface area (Å²) in [5.41, 5.74) is 2.41. The average molecular weight is 635 g/mol. The minimum Gasteiger partial charge on any atom is -0.497 e. The molecule has 0 unspecified atom stereocenters. The number of aromatic nitrogens is 1. The molecule has 2 aromatic carbocycles. The molecule has 2 fully saturated rings. The number of piperidine rings is 1. The van der Waals surface area contributed by atoms with Crippen LogP contribution in [0.1, 0.15) is 73.3 Å². The van der Waals surface area contributed by atoms with Crippen LogP contribution in [0, 0.1) is 5.92 Å². The molecule has 3 aromatic rings. The van der Waals surface area contributed by atoms with Crippen molar-refractivity contribution in [3.05, 3.63) is 76.2 Å². The second kappa shape index (κ2) is 13.2. The first-order valence-electron chi connectivity index (χ1n) is 15.9. The summed E-state index contributed by atoms with van der Waals surface area (Å²) in [5.74, 6) is 0.688. The first-order chi connectivity index (χ1) is 21.8. The smallest absolute Gasteiger partial charge is 0.265 e. The number of pyridine rings is 1. The third kappa shape index (κ3) is 6.68. The normalized spacial score (nSPS) is 20.4. The lowest BCUT2D eigenvalue weighted by atomic mass is 9.83. The van der Waals surface area contributed by atoms with Crippen LogP contribution in [0.4, 0.5) is 11.4 Å². The van der Waals surface area contributed by atoms with Crippen molar-refractivity contribution in [1.82, 2.24) is 9.88 Å². The highest BCUT2D eigenvalue weighted by Crippen LogP contribution is 2.40. The lowest BCUT2D eigenvalue weighted by molar-refractivity contribution is 0.0930. The average Bonchev–Trinajstić information content (AvgIpc) is 3.02. The minimum absolute atomic E-state index is 0.0102. The number of amides is 1. The Bertz CT molecular complexity index is 1710. The van der Waals surface area contributed by atoms with Gasteiger partial charge in [0.25, 0.3) is 21.5 Å². The maximum absolute atomic E-state index is 13.9. The van der Waals surface area contributed by atoms with Gasteiger partial charge in [-0.1, -0.05) is 38.2 Å². The molecule has 1 saturated carbocycles. The second-order valence-electron chi connectivity index (χ2n) is 12.5. The number of anilines is 2.